The molecule has 156 valence electrons. The lowest BCUT2D eigenvalue weighted by atomic mass is 10.0. The molecule has 0 heterocycles. The summed E-state index contributed by atoms with van der Waals surface area (Å²) in [6, 6.07) is 6.18. The van der Waals surface area contributed by atoms with Gasteiger partial charge in [-0.1, -0.05) is 18.5 Å². The van der Waals surface area contributed by atoms with E-state index in [1.54, 1.807) is 23.9 Å². The van der Waals surface area contributed by atoms with Gasteiger partial charge in [0.05, 0.1) is 11.1 Å². The van der Waals surface area contributed by atoms with Gasteiger partial charge in [0.1, 0.15) is 0 Å². The van der Waals surface area contributed by atoms with Crippen LogP contribution in [0.3, 0.4) is 0 Å². The maximum Gasteiger partial charge on any atom is 0.255 e. The number of benzene rings is 2. The van der Waals surface area contributed by atoms with E-state index < -0.39 is 23.4 Å². The summed E-state index contributed by atoms with van der Waals surface area (Å²) >= 11 is 7.86. The molecule has 29 heavy (non-hydrogen) atoms. The van der Waals surface area contributed by atoms with Gasteiger partial charge in [0.2, 0.25) is 0 Å². The fraction of sp³-hybridized carbons (Fsp3) is 0.381. The Kier molecular flexibility index (Phi) is 7.14. The highest BCUT2D eigenvalue weighted by molar-refractivity contribution is 8.00. The largest absolute Gasteiger partial charge is 0.393 e. The summed E-state index contributed by atoms with van der Waals surface area (Å²) in [6.45, 7) is 2.04. The zero-order chi connectivity index (χ0) is 21.1. The van der Waals surface area contributed by atoms with E-state index in [2.05, 4.69) is 5.32 Å². The van der Waals surface area contributed by atoms with Gasteiger partial charge in [-0.15, -0.1) is 11.8 Å². The average Bonchev–Trinajstić information content (AvgIpc) is 2.83. The summed E-state index contributed by atoms with van der Waals surface area (Å²) in [6.07, 6.45) is 3.11. The summed E-state index contributed by atoms with van der Waals surface area (Å²) in [5, 5.41) is 13.2. The molecule has 2 aromatic carbocycles. The Hall–Kier alpha value is -1.70. The standard InChI is InChI=1S/C21H21ClF3NO2S/c1-11-2-4-14(5-7-18(11)27)29-19-8-12(3-6-15(19)22)21(28)26-13-9-16(23)20(25)17(24)10-13/h3,6,8-11,14,18,27H,2,4-5,7H2,1H3,(H,26,28). The van der Waals surface area contributed by atoms with Crippen molar-refractivity contribution in [2.24, 2.45) is 5.92 Å². The number of thioether (sulfide) groups is 1. The molecule has 8 heteroatoms. The van der Waals surface area contributed by atoms with Crippen LogP contribution in [0.25, 0.3) is 0 Å². The van der Waals surface area contributed by atoms with E-state index in [4.69, 9.17) is 11.6 Å². The predicted molar refractivity (Wildman–Crippen MR) is 109 cm³/mol. The number of carbonyl (C=O) groups excluding carboxylic acids is 1. The Balaban J connectivity index is 1.73. The molecule has 3 rings (SSSR count). The normalized spacial score (nSPS) is 22.2. The molecule has 3 nitrogen and oxygen atoms in total. The number of carbonyl (C=O) groups is 1. The molecule has 2 aromatic rings. The molecule has 0 aliphatic heterocycles. The Bertz CT molecular complexity index is 876. The minimum Gasteiger partial charge on any atom is -0.393 e. The van der Waals surface area contributed by atoms with Gasteiger partial charge < -0.3 is 10.4 Å². The number of hydrogen-bond acceptors (Lipinski definition) is 3. The minimum atomic E-state index is -1.59. The van der Waals surface area contributed by atoms with Crippen LogP contribution in [-0.2, 0) is 0 Å². The van der Waals surface area contributed by atoms with Crippen molar-refractivity contribution in [3.05, 3.63) is 58.4 Å². The zero-order valence-electron chi connectivity index (χ0n) is 15.7. The van der Waals surface area contributed by atoms with Crippen molar-refractivity contribution in [1.82, 2.24) is 0 Å². The van der Waals surface area contributed by atoms with Crippen molar-refractivity contribution in [2.75, 3.05) is 5.32 Å². The molecule has 0 aromatic heterocycles. The van der Waals surface area contributed by atoms with Gasteiger partial charge >= 0.3 is 0 Å². The molecule has 0 spiro atoms. The Labute approximate surface area is 176 Å². The SMILES string of the molecule is CC1CCC(Sc2cc(C(=O)Nc3cc(F)c(F)c(F)c3)ccc2Cl)CCC1O. The first-order valence-electron chi connectivity index (χ1n) is 9.34. The first kappa shape index (κ1) is 22.0. The van der Waals surface area contributed by atoms with Gasteiger partial charge in [-0.3, -0.25) is 4.79 Å². The fourth-order valence-corrected chi connectivity index (χ4v) is 4.78. The van der Waals surface area contributed by atoms with Crippen LogP contribution in [0.15, 0.2) is 35.2 Å². The molecule has 1 aliphatic rings. The zero-order valence-corrected chi connectivity index (χ0v) is 17.3. The summed E-state index contributed by atoms with van der Waals surface area (Å²) in [4.78, 5) is 13.2. The number of anilines is 1. The third-order valence-electron chi connectivity index (χ3n) is 5.11. The molecule has 3 unspecified atom stereocenters. The second-order valence-corrected chi connectivity index (χ2v) is 9.04. The lowest BCUT2D eigenvalue weighted by molar-refractivity contribution is 0.102. The fourth-order valence-electron chi connectivity index (χ4n) is 3.29. The number of nitrogens with one attached hydrogen (secondary N) is 1. The molecule has 1 amide bonds. The first-order valence-corrected chi connectivity index (χ1v) is 10.6. The van der Waals surface area contributed by atoms with E-state index in [1.165, 1.54) is 6.07 Å². The van der Waals surface area contributed by atoms with Crippen LogP contribution >= 0.6 is 23.4 Å². The number of hydrogen-bond donors (Lipinski definition) is 2. The minimum absolute atomic E-state index is 0.178. The monoisotopic (exact) mass is 443 g/mol. The number of rotatable bonds is 4. The van der Waals surface area contributed by atoms with Crippen molar-refractivity contribution < 1.29 is 23.1 Å². The van der Waals surface area contributed by atoms with Gasteiger partial charge in [0.15, 0.2) is 17.5 Å². The Morgan fingerprint density at radius 3 is 2.45 bits per heavy atom. The molecule has 1 aliphatic carbocycles. The highest BCUT2D eigenvalue weighted by atomic mass is 35.5. The molecule has 0 bridgehead atoms. The lowest BCUT2D eigenvalue weighted by Crippen LogP contribution is -2.14. The number of aliphatic hydroxyl groups excluding tert-OH is 1. The molecule has 1 fully saturated rings. The molecule has 0 saturated heterocycles. The van der Waals surface area contributed by atoms with E-state index in [1.807, 2.05) is 6.92 Å². The van der Waals surface area contributed by atoms with Gasteiger partial charge in [-0.25, -0.2) is 13.2 Å². The highest BCUT2D eigenvalue weighted by Crippen LogP contribution is 2.38. The van der Waals surface area contributed by atoms with Crippen molar-refractivity contribution in [3.63, 3.8) is 0 Å². The van der Waals surface area contributed by atoms with E-state index in [9.17, 15) is 23.1 Å². The van der Waals surface area contributed by atoms with Crippen LogP contribution in [0.4, 0.5) is 18.9 Å². The summed E-state index contributed by atoms with van der Waals surface area (Å²) in [5.74, 6) is -4.67. The number of aliphatic hydroxyl groups is 1. The van der Waals surface area contributed by atoms with Gasteiger partial charge in [-0.2, -0.15) is 0 Å². The van der Waals surface area contributed by atoms with Crippen molar-refractivity contribution in [3.8, 4) is 0 Å². The quantitative estimate of drug-likeness (QED) is 0.447. The van der Waals surface area contributed by atoms with Crippen molar-refractivity contribution in [1.29, 1.82) is 0 Å². The first-order chi connectivity index (χ1) is 13.7. The predicted octanol–water partition coefficient (Wildman–Crippen LogP) is 6.04. The van der Waals surface area contributed by atoms with Crippen LogP contribution in [0.2, 0.25) is 5.02 Å². The smallest absolute Gasteiger partial charge is 0.255 e. The Morgan fingerprint density at radius 1 is 1.10 bits per heavy atom. The molecular formula is C21H21ClF3NO2S. The van der Waals surface area contributed by atoms with E-state index in [0.29, 0.717) is 5.02 Å². The van der Waals surface area contributed by atoms with Gasteiger partial charge in [-0.05, 0) is 49.8 Å². The molecule has 2 N–H and O–H groups in total. The molecular weight excluding hydrogens is 423 g/mol. The van der Waals surface area contributed by atoms with Gasteiger partial charge in [0, 0.05) is 33.5 Å². The summed E-state index contributed by atoms with van der Waals surface area (Å²) < 4.78 is 39.8. The van der Waals surface area contributed by atoms with Crippen LogP contribution in [0.1, 0.15) is 43.0 Å². The molecule has 3 atom stereocenters. The van der Waals surface area contributed by atoms with Crippen molar-refractivity contribution in [2.45, 2.75) is 48.9 Å². The second kappa shape index (κ2) is 9.41. The third-order valence-corrected chi connectivity index (χ3v) is 6.95. The van der Waals surface area contributed by atoms with Gasteiger partial charge in [0.25, 0.3) is 5.91 Å². The van der Waals surface area contributed by atoms with Crippen LogP contribution in [0, 0.1) is 23.4 Å². The lowest BCUT2D eigenvalue weighted by Gasteiger charge is -2.15. The van der Waals surface area contributed by atoms with E-state index in [0.717, 1.165) is 42.7 Å². The summed E-state index contributed by atoms with van der Waals surface area (Å²) in [5.41, 5.74) is 0.0892. The maximum atomic E-state index is 13.4. The Morgan fingerprint density at radius 2 is 1.76 bits per heavy atom. The van der Waals surface area contributed by atoms with Crippen molar-refractivity contribution >= 4 is 35.0 Å². The maximum absolute atomic E-state index is 13.4. The number of halogens is 4. The average molecular weight is 444 g/mol. The van der Waals surface area contributed by atoms with Crippen LogP contribution in [-0.4, -0.2) is 22.4 Å². The summed E-state index contributed by atoms with van der Waals surface area (Å²) in [7, 11) is 0. The van der Waals surface area contributed by atoms with E-state index in [-0.39, 0.29) is 28.5 Å². The third kappa shape index (κ3) is 5.47. The molecule has 1 saturated carbocycles. The van der Waals surface area contributed by atoms with E-state index >= 15 is 0 Å². The molecule has 0 radical (unpaired) electrons. The highest BCUT2D eigenvalue weighted by Gasteiger charge is 2.24. The van der Waals surface area contributed by atoms with Crippen LogP contribution in [0.5, 0.6) is 0 Å². The second-order valence-electron chi connectivity index (χ2n) is 7.29. The van der Waals surface area contributed by atoms with Crippen LogP contribution < -0.4 is 5.32 Å². The number of amides is 1. The topological polar surface area (TPSA) is 49.3 Å².